The van der Waals surface area contributed by atoms with Crippen molar-refractivity contribution in [3.63, 3.8) is 0 Å². The van der Waals surface area contributed by atoms with Gasteiger partial charge in [0, 0.05) is 36.4 Å². The van der Waals surface area contributed by atoms with Gasteiger partial charge in [-0.15, -0.1) is 23.5 Å². The molecule has 0 aliphatic carbocycles. The molecule has 1 heterocycles. The van der Waals surface area contributed by atoms with E-state index in [9.17, 15) is 63.3 Å². The van der Waals surface area contributed by atoms with E-state index in [1.165, 1.54) is 6.92 Å². The Balaban J connectivity index is 1.92. The van der Waals surface area contributed by atoms with Crippen LogP contribution in [-0.2, 0) is 60.8 Å². The number of hydrogen-bond donors (Lipinski definition) is 10. The molecule has 2 aromatic rings. The van der Waals surface area contributed by atoms with Gasteiger partial charge in [-0.2, -0.15) is 0 Å². The monoisotopic (exact) mass is 915 g/mol. The zero-order valence-electron chi connectivity index (χ0n) is 34.8. The summed E-state index contributed by atoms with van der Waals surface area (Å²) in [6.45, 7) is 4.73. The first-order valence-electron chi connectivity index (χ1n) is 19.8. The van der Waals surface area contributed by atoms with Crippen LogP contribution in [0, 0.1) is 5.92 Å². The highest BCUT2D eigenvalue weighted by molar-refractivity contribution is 8.16. The summed E-state index contributed by atoms with van der Waals surface area (Å²) in [7, 11) is 0. The van der Waals surface area contributed by atoms with E-state index in [1.807, 2.05) is 0 Å². The van der Waals surface area contributed by atoms with E-state index in [0.717, 1.165) is 29.1 Å². The predicted molar refractivity (Wildman–Crippen MR) is 231 cm³/mol. The molecular formula is C41H53N7O13S2. The fourth-order valence-electron chi connectivity index (χ4n) is 6.22. The molecule has 3 rings (SSSR count). The van der Waals surface area contributed by atoms with Crippen LogP contribution in [-0.4, -0.2) is 133 Å². The third kappa shape index (κ3) is 18.4. The van der Waals surface area contributed by atoms with Gasteiger partial charge >= 0.3 is 17.9 Å². The first-order valence-corrected chi connectivity index (χ1v) is 22.1. The zero-order valence-corrected chi connectivity index (χ0v) is 36.4. The summed E-state index contributed by atoms with van der Waals surface area (Å²) in [6.07, 6.45) is -2.04. The Morgan fingerprint density at radius 3 is 1.76 bits per heavy atom. The first kappa shape index (κ1) is 51.2. The molecule has 0 bridgehead atoms. The Bertz CT molecular complexity index is 1960. The number of rotatable bonds is 18. The number of carboxylic acids is 3. The molecule has 342 valence electrons. The number of hydrogen-bond acceptors (Lipinski definition) is 12. The SMILES string of the molecule is CC(=O)N[C@@H](Cc1ccccc1)C(=O)N[C@H]1CSCSC[C@@H](C(=O)N[C@@H](CC(=O)O)C(=O)N[C@@H](Cc2ccccc2)C(=O)O)NC(=O)[C@H](CC(=O)O)NC(=O)[C@H](CC(C)C)NC1=O. The topological polar surface area (TPSA) is 316 Å². The van der Waals surface area contributed by atoms with Crippen LogP contribution in [0.25, 0.3) is 0 Å². The summed E-state index contributed by atoms with van der Waals surface area (Å²) < 4.78 is 0. The maximum atomic E-state index is 13.9. The second-order valence-corrected chi connectivity index (χ2v) is 17.4. The number of benzene rings is 2. The highest BCUT2D eigenvalue weighted by Crippen LogP contribution is 2.17. The summed E-state index contributed by atoms with van der Waals surface area (Å²) in [6, 6.07) is 6.61. The van der Waals surface area contributed by atoms with Crippen molar-refractivity contribution in [2.24, 2.45) is 5.92 Å². The lowest BCUT2D eigenvalue weighted by molar-refractivity contribution is -0.143. The lowest BCUT2D eigenvalue weighted by atomic mass is 10.0. The maximum Gasteiger partial charge on any atom is 0.326 e. The van der Waals surface area contributed by atoms with Crippen LogP contribution in [0.15, 0.2) is 60.7 Å². The molecule has 63 heavy (non-hydrogen) atoms. The van der Waals surface area contributed by atoms with Gasteiger partial charge < -0.3 is 52.5 Å². The fraction of sp³-hybridized carbons (Fsp3) is 0.463. The maximum absolute atomic E-state index is 13.9. The molecule has 7 amide bonds. The van der Waals surface area contributed by atoms with Crippen molar-refractivity contribution in [1.29, 1.82) is 0 Å². The van der Waals surface area contributed by atoms with Crippen LogP contribution in [0.1, 0.15) is 51.2 Å². The number of nitrogens with one attached hydrogen (secondary N) is 7. The molecule has 0 spiro atoms. The van der Waals surface area contributed by atoms with Crippen LogP contribution in [0.4, 0.5) is 0 Å². The van der Waals surface area contributed by atoms with Crippen molar-refractivity contribution >= 4 is 82.8 Å². The van der Waals surface area contributed by atoms with Crippen LogP contribution in [0.3, 0.4) is 0 Å². The van der Waals surface area contributed by atoms with Crippen LogP contribution < -0.4 is 37.2 Å². The normalized spacial score (nSPS) is 20.1. The number of amides is 7. The Labute approximate surface area is 371 Å². The zero-order chi connectivity index (χ0) is 46.6. The highest BCUT2D eigenvalue weighted by atomic mass is 32.2. The smallest absolute Gasteiger partial charge is 0.326 e. The van der Waals surface area contributed by atoms with Crippen LogP contribution >= 0.6 is 23.5 Å². The summed E-state index contributed by atoms with van der Waals surface area (Å²) in [5.74, 6) is -11.4. The summed E-state index contributed by atoms with van der Waals surface area (Å²) in [4.78, 5) is 130. The standard InChI is InChI=1S/C41H53N7O13S2/c1-22(2)14-26-35(54)44-29(18-34(52)53)38(57)48-32(40(59)45-28(17-33(50)51)37(56)46-30(41(60)61)16-25-12-8-5-9-13-25)20-63-21-62-19-31(39(58)43-26)47-36(55)27(42-23(3)49)15-24-10-6-4-7-11-24/h4-13,22,26-32H,14-21H2,1-3H3,(H,42,49)(H,43,58)(H,44,54)(H,45,59)(H,46,56)(H,47,55)(H,48,57)(H,50,51)(H,52,53)(H,60,61)/t26-,27-,28-,29-,30-,31-,32-/m0/s1. The lowest BCUT2D eigenvalue weighted by Crippen LogP contribution is -2.61. The van der Waals surface area contributed by atoms with Gasteiger partial charge in [-0.05, 0) is 23.5 Å². The van der Waals surface area contributed by atoms with E-state index >= 15 is 0 Å². The number of aliphatic carboxylic acids is 3. The number of carbonyl (C=O) groups is 10. The minimum absolute atomic E-state index is 0.0112. The molecule has 0 aromatic heterocycles. The number of thioether (sulfide) groups is 2. The van der Waals surface area contributed by atoms with Crippen molar-refractivity contribution in [3.05, 3.63) is 71.8 Å². The first-order chi connectivity index (χ1) is 29.8. The Hall–Kier alpha value is -6.16. The van der Waals surface area contributed by atoms with Crippen molar-refractivity contribution in [2.75, 3.05) is 16.6 Å². The fourth-order valence-corrected chi connectivity index (χ4v) is 8.40. The summed E-state index contributed by atoms with van der Waals surface area (Å²) >= 11 is 2.16. The molecule has 0 radical (unpaired) electrons. The van der Waals surface area contributed by atoms with E-state index in [4.69, 9.17) is 0 Å². The Morgan fingerprint density at radius 2 is 1.22 bits per heavy atom. The number of carboxylic acid groups (broad SMARTS) is 3. The molecule has 0 saturated carbocycles. The van der Waals surface area contributed by atoms with Gasteiger partial charge in [0.2, 0.25) is 41.4 Å². The molecular weight excluding hydrogens is 863 g/mol. The van der Waals surface area contributed by atoms with Gasteiger partial charge in [0.05, 0.1) is 12.8 Å². The average molecular weight is 916 g/mol. The van der Waals surface area contributed by atoms with E-state index in [-0.39, 0.29) is 41.8 Å². The van der Waals surface area contributed by atoms with E-state index in [1.54, 1.807) is 74.5 Å². The van der Waals surface area contributed by atoms with Gasteiger partial charge in [-0.3, -0.25) is 43.2 Å². The molecule has 7 atom stereocenters. The van der Waals surface area contributed by atoms with E-state index < -0.39 is 114 Å². The van der Waals surface area contributed by atoms with Crippen molar-refractivity contribution in [3.8, 4) is 0 Å². The van der Waals surface area contributed by atoms with Gasteiger partial charge in [0.25, 0.3) is 0 Å². The van der Waals surface area contributed by atoms with Crippen molar-refractivity contribution in [1.82, 2.24) is 37.2 Å². The van der Waals surface area contributed by atoms with Crippen LogP contribution in [0.5, 0.6) is 0 Å². The molecule has 1 fully saturated rings. The second kappa shape index (κ2) is 25.7. The molecule has 1 aliphatic heterocycles. The highest BCUT2D eigenvalue weighted by Gasteiger charge is 2.36. The van der Waals surface area contributed by atoms with Gasteiger partial charge in [-0.25, -0.2) is 4.79 Å². The average Bonchev–Trinajstić information content (AvgIpc) is 3.21. The van der Waals surface area contributed by atoms with Crippen LogP contribution in [0.2, 0.25) is 0 Å². The molecule has 10 N–H and O–H groups in total. The van der Waals surface area contributed by atoms with Gasteiger partial charge in [0.1, 0.15) is 42.3 Å². The minimum Gasteiger partial charge on any atom is -0.481 e. The Kier molecular flexibility index (Phi) is 20.9. The molecule has 1 aliphatic rings. The molecule has 20 nitrogen and oxygen atoms in total. The summed E-state index contributed by atoms with van der Waals surface area (Å²) in [5, 5.41) is 46.3. The van der Waals surface area contributed by atoms with E-state index in [2.05, 4.69) is 37.2 Å². The second-order valence-electron chi connectivity index (χ2n) is 15.0. The number of carbonyl (C=O) groups excluding carboxylic acids is 7. The molecule has 2 aromatic carbocycles. The molecule has 1 saturated heterocycles. The van der Waals surface area contributed by atoms with E-state index in [0.29, 0.717) is 5.56 Å². The third-order valence-corrected chi connectivity index (χ3v) is 11.7. The van der Waals surface area contributed by atoms with Gasteiger partial charge in [0.15, 0.2) is 0 Å². The Morgan fingerprint density at radius 1 is 0.667 bits per heavy atom. The lowest BCUT2D eigenvalue weighted by Gasteiger charge is -2.27. The quantitative estimate of drug-likeness (QED) is 0.0894. The largest absolute Gasteiger partial charge is 0.481 e. The third-order valence-electron chi connectivity index (χ3n) is 9.24. The predicted octanol–water partition coefficient (Wildman–Crippen LogP) is -0.597. The van der Waals surface area contributed by atoms with Gasteiger partial charge in [-0.1, -0.05) is 74.5 Å². The molecule has 22 heteroatoms. The van der Waals surface area contributed by atoms with Crippen molar-refractivity contribution in [2.45, 2.75) is 95.2 Å². The minimum atomic E-state index is -1.84. The molecule has 0 unspecified atom stereocenters. The summed E-state index contributed by atoms with van der Waals surface area (Å²) in [5.41, 5.74) is 1.26. The van der Waals surface area contributed by atoms with Crippen molar-refractivity contribution < 1.29 is 63.3 Å².